The van der Waals surface area contributed by atoms with Crippen molar-refractivity contribution in [2.24, 2.45) is 5.73 Å². The van der Waals surface area contributed by atoms with E-state index in [1.807, 2.05) is 48.5 Å². The van der Waals surface area contributed by atoms with E-state index >= 15 is 0 Å². The van der Waals surface area contributed by atoms with Gasteiger partial charge in [0.15, 0.2) is 0 Å². The minimum Gasteiger partial charge on any atom is -0.366 e. The fourth-order valence-corrected chi connectivity index (χ4v) is 6.73. The average Bonchev–Trinajstić information content (AvgIpc) is 3.53. The van der Waals surface area contributed by atoms with Crippen molar-refractivity contribution in [1.29, 1.82) is 0 Å². The minimum absolute atomic E-state index is 0.0935. The number of carbonyl (C=O) groups is 4. The zero-order valence-corrected chi connectivity index (χ0v) is 25.4. The topological polar surface area (TPSA) is 132 Å². The number of nitrogens with two attached hydrogens (primary N) is 1. The molecule has 0 unspecified atom stereocenters. The molecule has 2 aliphatic heterocycles. The van der Waals surface area contributed by atoms with Gasteiger partial charge in [-0.3, -0.25) is 14.4 Å². The molecule has 0 aliphatic carbocycles. The van der Waals surface area contributed by atoms with Gasteiger partial charge in [0.25, 0.3) is 0 Å². The van der Waals surface area contributed by atoms with E-state index in [2.05, 4.69) is 16.9 Å². The van der Waals surface area contributed by atoms with Gasteiger partial charge in [0.1, 0.15) is 12.2 Å². The third kappa shape index (κ3) is 6.15. The fraction of sp³-hybridized carbons (Fsp3) is 0.242. The summed E-state index contributed by atoms with van der Waals surface area (Å²) in [5.41, 5.74) is 10.9. The minimum atomic E-state index is -0.888. The number of amides is 5. The lowest BCUT2D eigenvalue weighted by Crippen LogP contribution is -2.76. The molecule has 45 heavy (non-hydrogen) atoms. The number of piperazine rings is 1. The molecule has 3 heterocycles. The quantitative estimate of drug-likeness (QED) is 0.276. The average molecular weight is 624 g/mol. The summed E-state index contributed by atoms with van der Waals surface area (Å²) in [6.45, 7) is 4.67. The maximum Gasteiger partial charge on any atom is 0.334 e. The molecule has 0 spiro atoms. The van der Waals surface area contributed by atoms with E-state index in [0.717, 1.165) is 26.9 Å². The van der Waals surface area contributed by atoms with Crippen molar-refractivity contribution in [1.82, 2.24) is 30.1 Å². The number of benzene rings is 3. The van der Waals surface area contributed by atoms with Crippen LogP contribution in [-0.4, -0.2) is 80.4 Å². The van der Waals surface area contributed by atoms with Crippen molar-refractivity contribution in [2.75, 3.05) is 19.6 Å². The number of fused-ring (bicyclic) bond motifs is 2. The molecule has 3 N–H and O–H groups in total. The molecule has 230 valence electrons. The molecule has 0 radical (unpaired) electrons. The number of rotatable bonds is 9. The highest BCUT2D eigenvalue weighted by Crippen LogP contribution is 2.31. The lowest BCUT2D eigenvalue weighted by Gasteiger charge is -2.55. The first-order valence-electron chi connectivity index (χ1n) is 14.6. The molecule has 2 aliphatic rings. The summed E-state index contributed by atoms with van der Waals surface area (Å²) in [5.74, 6) is -1.04. The Kier molecular flexibility index (Phi) is 8.58. The smallest absolute Gasteiger partial charge is 0.334 e. The molecule has 12 heteroatoms. The van der Waals surface area contributed by atoms with E-state index in [4.69, 9.17) is 5.73 Å². The third-order valence-electron chi connectivity index (χ3n) is 8.14. The molecule has 6 rings (SSSR count). The molecule has 2 saturated heterocycles. The van der Waals surface area contributed by atoms with Crippen molar-refractivity contribution >= 4 is 45.3 Å². The second-order valence-electron chi connectivity index (χ2n) is 11.0. The number of hydrazine groups is 1. The van der Waals surface area contributed by atoms with Crippen LogP contribution in [0.5, 0.6) is 0 Å². The third-order valence-corrected chi connectivity index (χ3v) is 8.93. The first-order chi connectivity index (χ1) is 21.8. The molecule has 0 saturated carbocycles. The van der Waals surface area contributed by atoms with Gasteiger partial charge in [0, 0.05) is 31.6 Å². The summed E-state index contributed by atoms with van der Waals surface area (Å²) < 4.78 is 1.01. The van der Waals surface area contributed by atoms with Crippen LogP contribution in [0.3, 0.4) is 0 Å². The van der Waals surface area contributed by atoms with Gasteiger partial charge in [-0.15, -0.1) is 17.9 Å². The van der Waals surface area contributed by atoms with Gasteiger partial charge in [-0.25, -0.2) is 19.8 Å². The largest absolute Gasteiger partial charge is 0.366 e. The highest BCUT2D eigenvalue weighted by Gasteiger charge is 2.51. The fourth-order valence-electron chi connectivity index (χ4n) is 6.00. The molecule has 3 aromatic carbocycles. The lowest BCUT2D eigenvalue weighted by molar-refractivity contribution is -0.189. The summed E-state index contributed by atoms with van der Waals surface area (Å²) in [5, 5.41) is 6.22. The van der Waals surface area contributed by atoms with Crippen molar-refractivity contribution < 1.29 is 19.2 Å². The SMILES string of the molecule is C=CCN1CC(=O)N2[C@@H](Cc3ccc(C(N)=O)cc3)C(=O)N(Cc3cccc4scnc34)C[C@@H]2N1C(=O)NCc1ccccc1. The van der Waals surface area contributed by atoms with E-state index in [9.17, 15) is 19.2 Å². The highest BCUT2D eigenvalue weighted by molar-refractivity contribution is 7.16. The number of hydrogen-bond donors (Lipinski definition) is 2. The van der Waals surface area contributed by atoms with Crippen LogP contribution >= 0.6 is 11.3 Å². The molecule has 11 nitrogen and oxygen atoms in total. The maximum absolute atomic E-state index is 14.3. The summed E-state index contributed by atoms with van der Waals surface area (Å²) in [6.07, 6.45) is 1.06. The molecule has 5 amide bonds. The van der Waals surface area contributed by atoms with E-state index in [1.54, 1.807) is 55.7 Å². The van der Waals surface area contributed by atoms with E-state index in [-0.39, 0.29) is 50.4 Å². The molecular weight excluding hydrogens is 590 g/mol. The van der Waals surface area contributed by atoms with Gasteiger partial charge in [0.05, 0.1) is 28.8 Å². The number of aromatic nitrogens is 1. The Morgan fingerprint density at radius 1 is 1.02 bits per heavy atom. The first-order valence-corrected chi connectivity index (χ1v) is 15.5. The molecule has 4 aromatic rings. The Hall–Kier alpha value is -5.07. The van der Waals surface area contributed by atoms with E-state index in [1.165, 1.54) is 11.3 Å². The number of nitrogens with zero attached hydrogens (tertiary/aromatic N) is 5. The number of primary amides is 1. The van der Waals surface area contributed by atoms with Crippen LogP contribution in [0, 0.1) is 0 Å². The first kappa shape index (κ1) is 30.0. The highest BCUT2D eigenvalue weighted by atomic mass is 32.1. The van der Waals surface area contributed by atoms with Crippen LogP contribution in [-0.2, 0) is 29.1 Å². The Morgan fingerprint density at radius 2 is 1.80 bits per heavy atom. The van der Waals surface area contributed by atoms with Gasteiger partial charge < -0.3 is 20.9 Å². The number of para-hydroxylation sites is 1. The zero-order valence-electron chi connectivity index (χ0n) is 24.5. The van der Waals surface area contributed by atoms with Crippen LogP contribution < -0.4 is 11.1 Å². The second kappa shape index (κ2) is 12.9. The summed E-state index contributed by atoms with van der Waals surface area (Å²) in [4.78, 5) is 61.4. The Bertz CT molecular complexity index is 1740. The van der Waals surface area contributed by atoms with Crippen LogP contribution in [0.1, 0.15) is 27.0 Å². The number of carbonyl (C=O) groups excluding carboxylic acids is 4. The zero-order chi connectivity index (χ0) is 31.5. The predicted octanol–water partition coefficient (Wildman–Crippen LogP) is 3.13. The van der Waals surface area contributed by atoms with Gasteiger partial charge in [0.2, 0.25) is 17.7 Å². The number of thiazole rings is 1. The maximum atomic E-state index is 14.3. The van der Waals surface area contributed by atoms with Crippen molar-refractivity contribution in [2.45, 2.75) is 31.7 Å². The van der Waals surface area contributed by atoms with Crippen LogP contribution in [0.15, 0.2) is 91.0 Å². The van der Waals surface area contributed by atoms with E-state index < -0.39 is 18.1 Å². The second-order valence-corrected chi connectivity index (χ2v) is 11.9. The Labute approximate surface area is 264 Å². The monoisotopic (exact) mass is 623 g/mol. The summed E-state index contributed by atoms with van der Waals surface area (Å²) in [6, 6.07) is 20.8. The molecular formula is C33H33N7O4S. The van der Waals surface area contributed by atoms with Crippen molar-refractivity contribution in [3.63, 3.8) is 0 Å². The van der Waals surface area contributed by atoms with Crippen LogP contribution in [0.4, 0.5) is 4.79 Å². The lowest BCUT2D eigenvalue weighted by atomic mass is 9.97. The number of urea groups is 1. The van der Waals surface area contributed by atoms with Crippen LogP contribution in [0.2, 0.25) is 0 Å². The Balaban J connectivity index is 1.36. The standard InChI is InChI=1S/C33H33N7O4S/c1-2-15-38-20-29(41)39-26(16-22-11-13-24(14-12-22)31(34)42)32(43)37(18-25-9-6-10-27-30(25)36-21-45-27)19-28(39)40(38)33(44)35-17-23-7-4-3-5-8-23/h2-14,21,26,28H,1,15-20H2,(H2,34,42)(H,35,44)/t26-,28-/m0/s1. The van der Waals surface area contributed by atoms with E-state index in [0.29, 0.717) is 12.1 Å². The van der Waals surface area contributed by atoms with Crippen molar-refractivity contribution in [3.05, 3.63) is 113 Å². The van der Waals surface area contributed by atoms with Gasteiger partial charge in [-0.05, 0) is 34.9 Å². The molecule has 2 atom stereocenters. The number of nitrogens with one attached hydrogen (secondary N) is 1. The van der Waals surface area contributed by atoms with Gasteiger partial charge in [-0.2, -0.15) is 0 Å². The van der Waals surface area contributed by atoms with Gasteiger partial charge >= 0.3 is 6.03 Å². The van der Waals surface area contributed by atoms with Gasteiger partial charge in [-0.1, -0.05) is 60.7 Å². The number of hydrogen-bond acceptors (Lipinski definition) is 7. The molecule has 0 bridgehead atoms. The van der Waals surface area contributed by atoms with Crippen LogP contribution in [0.25, 0.3) is 10.2 Å². The normalized spacial score (nSPS) is 18.6. The molecule has 1 aromatic heterocycles. The summed E-state index contributed by atoms with van der Waals surface area (Å²) >= 11 is 1.52. The molecule has 2 fully saturated rings. The van der Waals surface area contributed by atoms with Crippen molar-refractivity contribution in [3.8, 4) is 0 Å². The predicted molar refractivity (Wildman–Crippen MR) is 170 cm³/mol. The Morgan fingerprint density at radius 3 is 2.53 bits per heavy atom. The summed E-state index contributed by atoms with van der Waals surface area (Å²) in [7, 11) is 0.